The summed E-state index contributed by atoms with van der Waals surface area (Å²) in [5, 5.41) is 0. The Labute approximate surface area is 230 Å². The van der Waals surface area contributed by atoms with Crippen molar-refractivity contribution in [3.05, 3.63) is 41.5 Å². The van der Waals surface area contributed by atoms with Crippen LogP contribution in [0.15, 0.2) is 30.3 Å². The van der Waals surface area contributed by atoms with Crippen LogP contribution in [0.1, 0.15) is 17.2 Å². The van der Waals surface area contributed by atoms with Crippen LogP contribution in [0.4, 0.5) is 0 Å². The average Bonchev–Trinajstić information content (AvgIpc) is 2.69. The first-order valence-corrected chi connectivity index (χ1v) is 16.3. The Morgan fingerprint density at radius 2 is 1.12 bits per heavy atom. The van der Waals surface area contributed by atoms with Gasteiger partial charge in [0.1, 0.15) is 17.6 Å². The Morgan fingerprint density at radius 1 is 0.610 bits per heavy atom. The maximum absolute atomic E-state index is 11.4. The van der Waals surface area contributed by atoms with E-state index in [1.807, 2.05) is 0 Å². The number of benzene rings is 2. The third-order valence-corrected chi connectivity index (χ3v) is 6.48. The minimum Gasteiger partial charge on any atom is -0.726 e. The molecular formula is C15H9O21S5-5. The fourth-order valence-electron chi connectivity index (χ4n) is 3.35. The smallest absolute Gasteiger partial charge is 0.262 e. The molecule has 1 aliphatic rings. The van der Waals surface area contributed by atoms with Gasteiger partial charge in [0.05, 0.1) is 0 Å². The van der Waals surface area contributed by atoms with E-state index in [4.69, 9.17) is 4.74 Å². The second-order valence-electron chi connectivity index (χ2n) is 7.36. The van der Waals surface area contributed by atoms with Gasteiger partial charge in [-0.1, -0.05) is 6.07 Å². The van der Waals surface area contributed by atoms with Gasteiger partial charge in [-0.15, -0.1) is 0 Å². The monoisotopic (exact) mass is 685 g/mol. The highest BCUT2D eigenvalue weighted by molar-refractivity contribution is 7.82. The van der Waals surface area contributed by atoms with Gasteiger partial charge in [-0.25, -0.2) is 42.1 Å². The Morgan fingerprint density at radius 3 is 1.63 bits per heavy atom. The van der Waals surface area contributed by atoms with E-state index in [0.29, 0.717) is 24.3 Å². The van der Waals surface area contributed by atoms with Crippen LogP contribution in [0.3, 0.4) is 0 Å². The summed E-state index contributed by atoms with van der Waals surface area (Å²) in [6.07, 6.45) is -4.92. The van der Waals surface area contributed by atoms with Gasteiger partial charge in [0.2, 0.25) is 10.4 Å². The molecule has 3 rings (SSSR count). The van der Waals surface area contributed by atoms with Gasteiger partial charge in [0.25, 0.3) is 41.6 Å². The first-order valence-electron chi connectivity index (χ1n) is 9.60. The van der Waals surface area contributed by atoms with Gasteiger partial charge in [-0.3, -0.25) is 4.18 Å². The van der Waals surface area contributed by atoms with Crippen molar-refractivity contribution in [2.24, 2.45) is 0 Å². The van der Waals surface area contributed by atoms with Crippen LogP contribution >= 0.6 is 0 Å². The van der Waals surface area contributed by atoms with Gasteiger partial charge in [0.15, 0.2) is 23.4 Å². The van der Waals surface area contributed by atoms with E-state index in [1.54, 1.807) is 0 Å². The lowest BCUT2D eigenvalue weighted by Crippen LogP contribution is -2.35. The van der Waals surface area contributed by atoms with Crippen LogP contribution in [0.2, 0.25) is 0 Å². The third kappa shape index (κ3) is 10.1. The standard InChI is InChI=1S/C15H14O21S5/c16-37(17,18)32-8-4-11-9(12(5-8)34-39(22,23)24)6-14(36-41(28,29)30)15(31-11)7-1-2-10(33-38(19,20)21)13(3-7)35-40(25,26)27/h1-5,14-15H,6H2,(H,16,17,18)(H,19,20,21)(H,22,23,24)(H,25,26,27)(H,28,29,30)/p-5. The average molecular weight is 686 g/mol. The van der Waals surface area contributed by atoms with Crippen molar-refractivity contribution in [3.8, 4) is 28.7 Å². The van der Waals surface area contributed by atoms with Crippen molar-refractivity contribution in [2.75, 3.05) is 0 Å². The maximum atomic E-state index is 11.4. The van der Waals surface area contributed by atoms with E-state index in [0.717, 1.165) is 6.07 Å². The Bertz CT molecular complexity index is 1890. The molecule has 1 aliphatic heterocycles. The lowest BCUT2D eigenvalue weighted by Gasteiger charge is -2.35. The zero-order chi connectivity index (χ0) is 31.2. The highest BCUT2D eigenvalue weighted by atomic mass is 32.3. The Kier molecular flexibility index (Phi) is 8.69. The minimum absolute atomic E-state index is 0.400. The van der Waals surface area contributed by atoms with Crippen molar-refractivity contribution in [2.45, 2.75) is 18.6 Å². The van der Waals surface area contributed by atoms with Crippen LogP contribution in [-0.4, -0.2) is 71.0 Å². The lowest BCUT2D eigenvalue weighted by molar-refractivity contribution is 0.0328. The zero-order valence-corrected chi connectivity index (χ0v) is 22.9. The number of ether oxygens (including phenoxy) is 1. The second kappa shape index (κ2) is 11.0. The van der Waals surface area contributed by atoms with E-state index in [-0.39, 0.29) is 0 Å². The van der Waals surface area contributed by atoms with E-state index in [1.165, 1.54) is 0 Å². The number of fused-ring (bicyclic) bond motifs is 1. The summed E-state index contributed by atoms with van der Waals surface area (Å²) in [4.78, 5) is 0. The molecule has 0 N–H and O–H groups in total. The largest absolute Gasteiger partial charge is 0.726 e. The first kappa shape index (κ1) is 32.5. The van der Waals surface area contributed by atoms with Gasteiger partial charge in [-0.2, -0.15) is 0 Å². The summed E-state index contributed by atoms with van der Waals surface area (Å²) >= 11 is 0. The highest BCUT2D eigenvalue weighted by Crippen LogP contribution is 2.45. The summed E-state index contributed by atoms with van der Waals surface area (Å²) in [5.74, 6) is -5.21. The van der Waals surface area contributed by atoms with E-state index >= 15 is 0 Å². The van der Waals surface area contributed by atoms with Crippen molar-refractivity contribution in [1.82, 2.24) is 0 Å². The molecule has 2 unspecified atom stereocenters. The molecule has 2 aromatic carbocycles. The molecule has 0 spiro atoms. The maximum Gasteiger partial charge on any atom is 0.262 e. The molecule has 0 saturated carbocycles. The van der Waals surface area contributed by atoms with E-state index < -0.39 is 110 Å². The molecule has 0 amide bonds. The Balaban J connectivity index is 2.23. The summed E-state index contributed by atoms with van der Waals surface area (Å²) in [6, 6.07) is 2.74. The fourth-order valence-corrected chi connectivity index (χ4v) is 5.23. The summed E-state index contributed by atoms with van der Waals surface area (Å²) in [6.45, 7) is 0. The number of rotatable bonds is 11. The Hall–Kier alpha value is -3.05. The SMILES string of the molecule is O=S(=O)([O-])Oc1cc2c(c(OS(=O)(=O)[O-])c1)CC(OS(=O)(=O)[O-])C(c1ccc(OS(=O)(=O)[O-])c(OS(=O)(=O)[O-])c1)O2. The quantitative estimate of drug-likeness (QED) is 0.175. The molecule has 26 heteroatoms. The molecule has 0 aliphatic carbocycles. The first-order chi connectivity index (χ1) is 18.4. The minimum atomic E-state index is -5.69. The lowest BCUT2D eigenvalue weighted by atomic mass is 9.94. The van der Waals surface area contributed by atoms with Crippen LogP contribution < -0.4 is 21.5 Å². The van der Waals surface area contributed by atoms with Gasteiger partial charge in [-0.05, 0) is 17.7 Å². The molecule has 21 nitrogen and oxygen atoms in total. The summed E-state index contributed by atoms with van der Waals surface area (Å²) in [5.41, 5.74) is -1.08. The third-order valence-electron chi connectivity index (χ3n) is 4.45. The topological polar surface area (TPSA) is 341 Å². The van der Waals surface area contributed by atoms with E-state index in [2.05, 4.69) is 20.9 Å². The molecule has 0 fully saturated rings. The van der Waals surface area contributed by atoms with Crippen LogP contribution in [-0.2, 0) is 62.6 Å². The van der Waals surface area contributed by atoms with Crippen molar-refractivity contribution in [3.63, 3.8) is 0 Å². The van der Waals surface area contributed by atoms with Gasteiger partial charge < -0.3 is 44.2 Å². The number of hydrogen-bond donors (Lipinski definition) is 0. The van der Waals surface area contributed by atoms with Crippen LogP contribution in [0.25, 0.3) is 0 Å². The fraction of sp³-hybridized carbons (Fsp3) is 0.200. The van der Waals surface area contributed by atoms with Crippen LogP contribution in [0.5, 0.6) is 28.7 Å². The molecular weight excluding hydrogens is 676 g/mol. The van der Waals surface area contributed by atoms with E-state index in [9.17, 15) is 64.9 Å². The normalized spacial score (nSPS) is 18.1. The molecule has 0 aromatic heterocycles. The molecule has 41 heavy (non-hydrogen) atoms. The van der Waals surface area contributed by atoms with Crippen molar-refractivity contribution < 1.29 is 90.5 Å². The van der Waals surface area contributed by atoms with Crippen molar-refractivity contribution >= 4 is 52.0 Å². The summed E-state index contributed by atoms with van der Waals surface area (Å²) < 4.78 is 193. The molecule has 0 bridgehead atoms. The predicted molar refractivity (Wildman–Crippen MR) is 116 cm³/mol. The molecule has 2 aromatic rings. The van der Waals surface area contributed by atoms with Gasteiger partial charge in [0, 0.05) is 24.1 Å². The molecule has 0 radical (unpaired) electrons. The molecule has 1 heterocycles. The van der Waals surface area contributed by atoms with Crippen LogP contribution in [0, 0.1) is 0 Å². The highest BCUT2D eigenvalue weighted by Gasteiger charge is 2.37. The van der Waals surface area contributed by atoms with Crippen molar-refractivity contribution in [1.29, 1.82) is 0 Å². The molecule has 2 atom stereocenters. The van der Waals surface area contributed by atoms with Gasteiger partial charge >= 0.3 is 0 Å². The zero-order valence-electron chi connectivity index (χ0n) is 18.9. The second-order valence-corrected chi connectivity index (χ2v) is 12.3. The molecule has 0 saturated heterocycles. The summed E-state index contributed by atoms with van der Waals surface area (Å²) in [7, 11) is -28.1. The molecule has 230 valence electrons. The number of hydrogen-bond acceptors (Lipinski definition) is 21. The predicted octanol–water partition coefficient (Wildman–Crippen LogP) is -2.44.